The van der Waals surface area contributed by atoms with Crippen LogP contribution in [0.3, 0.4) is 0 Å². The average molecular weight is 254 g/mol. The molecule has 0 aromatic heterocycles. The molecular formula is C14H26N2O2. The zero-order valence-corrected chi connectivity index (χ0v) is 11.7. The van der Waals surface area contributed by atoms with Crippen molar-refractivity contribution < 1.29 is 9.53 Å². The van der Waals surface area contributed by atoms with Gasteiger partial charge in [-0.2, -0.15) is 0 Å². The monoisotopic (exact) mass is 254 g/mol. The number of hydrogen-bond acceptors (Lipinski definition) is 3. The minimum absolute atomic E-state index is 0.144. The first-order valence-corrected chi connectivity index (χ1v) is 7.15. The Labute approximate surface area is 110 Å². The Morgan fingerprint density at radius 3 is 2.61 bits per heavy atom. The Kier molecular flexibility index (Phi) is 3.97. The quantitative estimate of drug-likeness (QED) is 0.813. The molecule has 1 amide bonds. The van der Waals surface area contributed by atoms with Crippen molar-refractivity contribution in [3.63, 3.8) is 0 Å². The van der Waals surface area contributed by atoms with E-state index < -0.39 is 5.54 Å². The Balaban J connectivity index is 2.04. The summed E-state index contributed by atoms with van der Waals surface area (Å²) in [6.07, 6.45) is 4.75. The second kappa shape index (κ2) is 5.17. The number of likely N-dealkylation sites (tertiary alicyclic amines) is 1. The molecule has 2 N–H and O–H groups in total. The zero-order valence-electron chi connectivity index (χ0n) is 11.7. The molecule has 1 atom stereocenters. The molecule has 0 spiro atoms. The third-order valence-corrected chi connectivity index (χ3v) is 4.73. The number of nitrogens with two attached hydrogens (primary N) is 1. The van der Waals surface area contributed by atoms with Crippen molar-refractivity contribution in [2.45, 2.75) is 51.5 Å². The Hall–Kier alpha value is -0.610. The fraction of sp³-hybridized carbons (Fsp3) is 0.929. The Morgan fingerprint density at radius 2 is 2.00 bits per heavy atom. The average Bonchev–Trinajstić information content (AvgIpc) is 2.39. The minimum Gasteiger partial charge on any atom is -0.381 e. The molecular weight excluding hydrogens is 228 g/mol. The largest absolute Gasteiger partial charge is 0.381 e. The molecule has 4 heteroatoms. The van der Waals surface area contributed by atoms with Gasteiger partial charge >= 0.3 is 0 Å². The Bertz CT molecular complexity index is 313. The van der Waals surface area contributed by atoms with Crippen LogP contribution in [0.25, 0.3) is 0 Å². The highest BCUT2D eigenvalue weighted by Gasteiger charge is 2.41. The van der Waals surface area contributed by atoms with Gasteiger partial charge in [-0.25, -0.2) is 0 Å². The summed E-state index contributed by atoms with van der Waals surface area (Å²) in [5.41, 5.74) is 5.89. The first kappa shape index (κ1) is 13.8. The molecule has 4 nitrogen and oxygen atoms in total. The number of amides is 1. The summed E-state index contributed by atoms with van der Waals surface area (Å²) in [4.78, 5) is 14.6. The maximum atomic E-state index is 12.6. The van der Waals surface area contributed by atoms with Crippen LogP contribution in [0.1, 0.15) is 46.0 Å². The molecule has 2 rings (SSSR count). The van der Waals surface area contributed by atoms with E-state index in [4.69, 9.17) is 10.5 Å². The van der Waals surface area contributed by atoms with Gasteiger partial charge in [0.05, 0.1) is 5.54 Å². The lowest BCUT2D eigenvalue weighted by atomic mass is 9.78. The van der Waals surface area contributed by atoms with Crippen molar-refractivity contribution in [2.24, 2.45) is 11.1 Å². The summed E-state index contributed by atoms with van der Waals surface area (Å²) in [5.74, 6) is 0.144. The summed E-state index contributed by atoms with van der Waals surface area (Å²) in [6, 6.07) is 0. The predicted molar refractivity (Wildman–Crippen MR) is 71.2 cm³/mol. The van der Waals surface area contributed by atoms with Crippen LogP contribution in [-0.2, 0) is 9.53 Å². The van der Waals surface area contributed by atoms with Crippen LogP contribution in [0.15, 0.2) is 0 Å². The molecule has 2 fully saturated rings. The van der Waals surface area contributed by atoms with Crippen molar-refractivity contribution in [3.05, 3.63) is 0 Å². The zero-order chi connectivity index (χ0) is 13.2. The summed E-state index contributed by atoms with van der Waals surface area (Å²) in [7, 11) is 0. The van der Waals surface area contributed by atoms with Gasteiger partial charge in [-0.1, -0.05) is 13.8 Å². The first-order chi connectivity index (χ1) is 8.49. The summed E-state index contributed by atoms with van der Waals surface area (Å²) in [6.45, 7) is 7.44. The van der Waals surface area contributed by atoms with Crippen molar-refractivity contribution >= 4 is 5.91 Å². The van der Waals surface area contributed by atoms with Gasteiger partial charge in [-0.15, -0.1) is 0 Å². The topological polar surface area (TPSA) is 55.6 Å². The first-order valence-electron chi connectivity index (χ1n) is 7.15. The van der Waals surface area contributed by atoms with E-state index in [1.54, 1.807) is 0 Å². The third kappa shape index (κ3) is 2.69. The minimum atomic E-state index is -0.676. The third-order valence-electron chi connectivity index (χ3n) is 4.73. The number of nitrogens with zero attached hydrogens (tertiary/aromatic N) is 1. The summed E-state index contributed by atoms with van der Waals surface area (Å²) >= 11 is 0. The second-order valence-corrected chi connectivity index (χ2v) is 6.26. The van der Waals surface area contributed by atoms with Crippen LogP contribution in [0, 0.1) is 5.41 Å². The highest BCUT2D eigenvalue weighted by Crippen LogP contribution is 2.34. The fourth-order valence-corrected chi connectivity index (χ4v) is 3.04. The smallest absolute Gasteiger partial charge is 0.242 e. The van der Waals surface area contributed by atoms with Gasteiger partial charge in [0.25, 0.3) is 0 Å². The van der Waals surface area contributed by atoms with Crippen LogP contribution in [0.2, 0.25) is 0 Å². The van der Waals surface area contributed by atoms with E-state index in [9.17, 15) is 4.79 Å². The van der Waals surface area contributed by atoms with Gasteiger partial charge in [0.1, 0.15) is 0 Å². The maximum Gasteiger partial charge on any atom is 0.242 e. The fourth-order valence-electron chi connectivity index (χ4n) is 3.04. The molecule has 0 saturated carbocycles. The van der Waals surface area contributed by atoms with E-state index in [1.165, 1.54) is 6.42 Å². The van der Waals surface area contributed by atoms with Crippen LogP contribution in [0.5, 0.6) is 0 Å². The van der Waals surface area contributed by atoms with Crippen molar-refractivity contribution in [1.82, 2.24) is 4.90 Å². The van der Waals surface area contributed by atoms with Gasteiger partial charge in [-0.05, 0) is 37.5 Å². The number of carbonyl (C=O) groups is 1. The molecule has 2 aliphatic heterocycles. The van der Waals surface area contributed by atoms with Crippen LogP contribution in [-0.4, -0.2) is 42.6 Å². The van der Waals surface area contributed by atoms with Gasteiger partial charge in [0.2, 0.25) is 5.91 Å². The van der Waals surface area contributed by atoms with Gasteiger partial charge < -0.3 is 15.4 Å². The van der Waals surface area contributed by atoms with Gasteiger partial charge in [0.15, 0.2) is 0 Å². The number of carbonyl (C=O) groups excluding carboxylic acids is 1. The van der Waals surface area contributed by atoms with Crippen molar-refractivity contribution in [2.75, 3.05) is 26.3 Å². The molecule has 1 unspecified atom stereocenters. The molecule has 2 saturated heterocycles. The van der Waals surface area contributed by atoms with E-state index in [-0.39, 0.29) is 11.3 Å². The highest BCUT2D eigenvalue weighted by atomic mass is 16.5. The summed E-state index contributed by atoms with van der Waals surface area (Å²) < 4.78 is 5.31. The molecule has 0 aromatic carbocycles. The number of piperidine rings is 1. The predicted octanol–water partition coefficient (Wildman–Crippen LogP) is 1.53. The maximum absolute atomic E-state index is 12.6. The van der Waals surface area contributed by atoms with E-state index in [2.05, 4.69) is 13.8 Å². The second-order valence-electron chi connectivity index (χ2n) is 6.26. The van der Waals surface area contributed by atoms with Crippen LogP contribution >= 0.6 is 0 Å². The molecule has 0 bridgehead atoms. The van der Waals surface area contributed by atoms with Gasteiger partial charge in [0, 0.05) is 26.3 Å². The van der Waals surface area contributed by atoms with Crippen LogP contribution < -0.4 is 5.73 Å². The molecule has 0 radical (unpaired) electrons. The molecule has 2 heterocycles. The van der Waals surface area contributed by atoms with E-state index >= 15 is 0 Å². The van der Waals surface area contributed by atoms with E-state index in [0.717, 1.165) is 25.9 Å². The van der Waals surface area contributed by atoms with Crippen molar-refractivity contribution in [1.29, 1.82) is 0 Å². The van der Waals surface area contributed by atoms with Gasteiger partial charge in [-0.3, -0.25) is 4.79 Å². The lowest BCUT2D eigenvalue weighted by Gasteiger charge is -2.44. The summed E-state index contributed by atoms with van der Waals surface area (Å²) in [5, 5.41) is 0. The normalized spacial score (nSPS) is 32.3. The molecule has 18 heavy (non-hydrogen) atoms. The highest BCUT2D eigenvalue weighted by molar-refractivity contribution is 5.86. The van der Waals surface area contributed by atoms with E-state index in [1.807, 2.05) is 4.90 Å². The molecule has 2 aliphatic rings. The van der Waals surface area contributed by atoms with Crippen LogP contribution in [0.4, 0.5) is 0 Å². The molecule has 0 aromatic rings. The molecule has 104 valence electrons. The number of ether oxygens (including phenoxy) is 1. The standard InChI is InChI=1S/C14H26N2O2/c1-3-13(2)5-4-8-16(11-13)12(17)14(15)6-9-18-10-7-14/h3-11,15H2,1-2H3. The molecule has 0 aliphatic carbocycles. The lowest BCUT2D eigenvalue weighted by Crippen LogP contribution is -2.60. The van der Waals surface area contributed by atoms with E-state index in [0.29, 0.717) is 26.1 Å². The Morgan fingerprint density at radius 1 is 1.33 bits per heavy atom. The SMILES string of the molecule is CCC1(C)CCCN(C(=O)C2(N)CCOCC2)C1. The number of hydrogen-bond donors (Lipinski definition) is 1. The number of rotatable bonds is 2. The van der Waals surface area contributed by atoms with Crippen molar-refractivity contribution in [3.8, 4) is 0 Å². The lowest BCUT2D eigenvalue weighted by molar-refractivity contribution is -0.144.